The van der Waals surface area contributed by atoms with Crippen molar-refractivity contribution < 1.29 is 14.6 Å². The van der Waals surface area contributed by atoms with Gasteiger partial charge in [-0.25, -0.2) is 0 Å². The molecule has 0 unspecified atom stereocenters. The van der Waals surface area contributed by atoms with Gasteiger partial charge in [0, 0.05) is 12.4 Å². The van der Waals surface area contributed by atoms with Crippen LogP contribution in [0.1, 0.15) is 16.7 Å². The van der Waals surface area contributed by atoms with Crippen molar-refractivity contribution in [3.05, 3.63) is 53.3 Å². The van der Waals surface area contributed by atoms with Crippen LogP contribution in [0, 0.1) is 0 Å². The van der Waals surface area contributed by atoms with Crippen molar-refractivity contribution in [1.29, 1.82) is 0 Å². The van der Waals surface area contributed by atoms with Crippen LogP contribution in [0.4, 0.5) is 0 Å². The molecule has 0 amide bonds. The van der Waals surface area contributed by atoms with E-state index in [0.29, 0.717) is 0 Å². The fraction of sp³-hybridized carbons (Fsp3) is 0.214. The molecule has 2 aromatic rings. The molecule has 2 N–H and O–H groups in total. The molecule has 0 aliphatic heterocycles. The summed E-state index contributed by atoms with van der Waals surface area (Å²) in [7, 11) is 1.63. The Bertz CT molecular complexity index is 528. The number of ether oxygens (including phenoxy) is 1. The standard InChI is InChI=1S/C14H15NO3/c1-18-13-4-2-10(3-5-13)6-11-8-15-9-12(11)7-14(16)17/h2-5,8-9,15H,6-7H2,1H3,(H,16,17). The second-order valence-electron chi connectivity index (χ2n) is 4.10. The minimum atomic E-state index is -0.814. The Labute approximate surface area is 105 Å². The monoisotopic (exact) mass is 245 g/mol. The number of aromatic nitrogens is 1. The first-order chi connectivity index (χ1) is 8.69. The van der Waals surface area contributed by atoms with Gasteiger partial charge in [-0.15, -0.1) is 0 Å². The van der Waals surface area contributed by atoms with Gasteiger partial charge in [0.2, 0.25) is 0 Å². The number of nitrogens with one attached hydrogen (secondary N) is 1. The van der Waals surface area contributed by atoms with Crippen LogP contribution in [0.3, 0.4) is 0 Å². The van der Waals surface area contributed by atoms with E-state index < -0.39 is 5.97 Å². The zero-order chi connectivity index (χ0) is 13.0. The first-order valence-corrected chi connectivity index (χ1v) is 5.68. The lowest BCUT2D eigenvalue weighted by Crippen LogP contribution is -2.01. The van der Waals surface area contributed by atoms with E-state index in [4.69, 9.17) is 9.84 Å². The lowest BCUT2D eigenvalue weighted by molar-refractivity contribution is -0.136. The predicted molar refractivity (Wildman–Crippen MR) is 67.9 cm³/mol. The highest BCUT2D eigenvalue weighted by Crippen LogP contribution is 2.17. The SMILES string of the molecule is COc1ccc(Cc2c[nH]cc2CC(=O)O)cc1. The summed E-state index contributed by atoms with van der Waals surface area (Å²) in [5.74, 6) is 0.00385. The smallest absolute Gasteiger partial charge is 0.307 e. The highest BCUT2D eigenvalue weighted by molar-refractivity contribution is 5.70. The maximum Gasteiger partial charge on any atom is 0.307 e. The molecule has 0 bridgehead atoms. The molecule has 0 fully saturated rings. The number of carbonyl (C=O) groups is 1. The number of benzene rings is 1. The number of rotatable bonds is 5. The molecule has 2 rings (SSSR count). The van der Waals surface area contributed by atoms with E-state index in [1.165, 1.54) is 0 Å². The average Bonchev–Trinajstić information content (AvgIpc) is 2.77. The quantitative estimate of drug-likeness (QED) is 0.849. The van der Waals surface area contributed by atoms with Crippen LogP contribution in [0.15, 0.2) is 36.7 Å². The summed E-state index contributed by atoms with van der Waals surface area (Å²) < 4.78 is 5.10. The molecule has 4 heteroatoms. The number of H-pyrrole nitrogens is 1. The van der Waals surface area contributed by atoms with Crippen molar-refractivity contribution in [3.63, 3.8) is 0 Å². The third kappa shape index (κ3) is 2.91. The molecule has 94 valence electrons. The van der Waals surface area contributed by atoms with Crippen molar-refractivity contribution in [3.8, 4) is 5.75 Å². The molecule has 0 radical (unpaired) electrons. The highest BCUT2D eigenvalue weighted by atomic mass is 16.5. The molecule has 4 nitrogen and oxygen atoms in total. The molecule has 0 aliphatic carbocycles. The highest BCUT2D eigenvalue weighted by Gasteiger charge is 2.08. The van der Waals surface area contributed by atoms with Gasteiger partial charge in [-0.2, -0.15) is 0 Å². The number of aliphatic carboxylic acids is 1. The Morgan fingerprint density at radius 2 is 1.89 bits per heavy atom. The molecular weight excluding hydrogens is 230 g/mol. The maximum atomic E-state index is 10.7. The van der Waals surface area contributed by atoms with Gasteiger partial charge in [0.05, 0.1) is 13.5 Å². The normalized spacial score (nSPS) is 10.3. The van der Waals surface area contributed by atoms with Crippen LogP contribution >= 0.6 is 0 Å². The van der Waals surface area contributed by atoms with E-state index in [2.05, 4.69) is 4.98 Å². The van der Waals surface area contributed by atoms with Gasteiger partial charge in [0.1, 0.15) is 5.75 Å². The molecule has 0 atom stereocenters. The van der Waals surface area contributed by atoms with E-state index in [1.807, 2.05) is 30.5 Å². The molecular formula is C14H15NO3. The van der Waals surface area contributed by atoms with Crippen LogP contribution in [-0.2, 0) is 17.6 Å². The summed E-state index contributed by atoms with van der Waals surface area (Å²) in [6.07, 6.45) is 4.36. The van der Waals surface area contributed by atoms with E-state index in [0.717, 1.165) is 28.9 Å². The molecule has 1 aromatic heterocycles. The van der Waals surface area contributed by atoms with Gasteiger partial charge in [0.25, 0.3) is 0 Å². The Morgan fingerprint density at radius 3 is 2.50 bits per heavy atom. The summed E-state index contributed by atoms with van der Waals surface area (Å²) in [5, 5.41) is 8.81. The van der Waals surface area contributed by atoms with Crippen molar-refractivity contribution in [2.75, 3.05) is 7.11 Å². The zero-order valence-corrected chi connectivity index (χ0v) is 10.1. The zero-order valence-electron chi connectivity index (χ0n) is 10.1. The maximum absolute atomic E-state index is 10.7. The van der Waals surface area contributed by atoms with Crippen LogP contribution in [0.5, 0.6) is 5.75 Å². The second kappa shape index (κ2) is 5.40. The summed E-state index contributed by atoms with van der Waals surface area (Å²) in [4.78, 5) is 13.7. The van der Waals surface area contributed by atoms with Gasteiger partial charge >= 0.3 is 5.97 Å². The van der Waals surface area contributed by atoms with Crippen LogP contribution in [-0.4, -0.2) is 23.2 Å². The number of carboxylic acid groups (broad SMARTS) is 1. The largest absolute Gasteiger partial charge is 0.497 e. The topological polar surface area (TPSA) is 62.3 Å². The molecule has 1 aromatic carbocycles. The molecule has 1 heterocycles. The van der Waals surface area contributed by atoms with Gasteiger partial charge in [-0.05, 0) is 35.2 Å². The van der Waals surface area contributed by atoms with Gasteiger partial charge in [-0.3, -0.25) is 4.79 Å². The number of carboxylic acids is 1. The second-order valence-corrected chi connectivity index (χ2v) is 4.10. The van der Waals surface area contributed by atoms with Crippen molar-refractivity contribution in [1.82, 2.24) is 4.98 Å². The fourth-order valence-corrected chi connectivity index (χ4v) is 1.88. The van der Waals surface area contributed by atoms with E-state index in [-0.39, 0.29) is 6.42 Å². The molecule has 0 saturated carbocycles. The molecule has 0 aliphatic rings. The predicted octanol–water partition coefficient (Wildman–Crippen LogP) is 2.24. The average molecular weight is 245 g/mol. The summed E-state index contributed by atoms with van der Waals surface area (Å²) >= 11 is 0. The minimum Gasteiger partial charge on any atom is -0.497 e. The number of hydrogen-bond acceptors (Lipinski definition) is 2. The third-order valence-corrected chi connectivity index (χ3v) is 2.82. The lowest BCUT2D eigenvalue weighted by Gasteiger charge is -2.04. The number of aromatic amines is 1. The molecule has 18 heavy (non-hydrogen) atoms. The minimum absolute atomic E-state index is 0.0506. The third-order valence-electron chi connectivity index (χ3n) is 2.82. The first-order valence-electron chi connectivity index (χ1n) is 5.68. The lowest BCUT2D eigenvalue weighted by atomic mass is 10.0. The van der Waals surface area contributed by atoms with Gasteiger partial charge in [0.15, 0.2) is 0 Å². The summed E-state index contributed by atoms with van der Waals surface area (Å²) in [6.45, 7) is 0. The van der Waals surface area contributed by atoms with E-state index in [1.54, 1.807) is 13.3 Å². The Morgan fingerprint density at radius 1 is 1.22 bits per heavy atom. The summed E-state index contributed by atoms with van der Waals surface area (Å²) in [5.41, 5.74) is 2.97. The van der Waals surface area contributed by atoms with Gasteiger partial charge in [-0.1, -0.05) is 12.1 Å². The number of hydrogen-bond donors (Lipinski definition) is 2. The fourth-order valence-electron chi connectivity index (χ4n) is 1.88. The Hall–Kier alpha value is -2.23. The summed E-state index contributed by atoms with van der Waals surface area (Å²) in [6, 6.07) is 7.77. The van der Waals surface area contributed by atoms with Gasteiger partial charge < -0.3 is 14.8 Å². The van der Waals surface area contributed by atoms with Crippen LogP contribution in [0.25, 0.3) is 0 Å². The van der Waals surface area contributed by atoms with Crippen molar-refractivity contribution in [2.24, 2.45) is 0 Å². The Kier molecular flexibility index (Phi) is 3.67. The van der Waals surface area contributed by atoms with Crippen LogP contribution < -0.4 is 4.74 Å². The van der Waals surface area contributed by atoms with Crippen molar-refractivity contribution >= 4 is 5.97 Å². The number of methoxy groups -OCH3 is 1. The van der Waals surface area contributed by atoms with E-state index in [9.17, 15) is 4.79 Å². The Balaban J connectivity index is 2.12. The van der Waals surface area contributed by atoms with Crippen LogP contribution in [0.2, 0.25) is 0 Å². The van der Waals surface area contributed by atoms with Crippen molar-refractivity contribution in [2.45, 2.75) is 12.8 Å². The van der Waals surface area contributed by atoms with E-state index >= 15 is 0 Å². The molecule has 0 spiro atoms. The first kappa shape index (κ1) is 12.2. The molecule has 0 saturated heterocycles.